The van der Waals surface area contributed by atoms with E-state index in [0.717, 1.165) is 17.3 Å². The zero-order chi connectivity index (χ0) is 21.7. The number of aryl methyl sites for hydroxylation is 1. The fourth-order valence-corrected chi connectivity index (χ4v) is 3.36. The van der Waals surface area contributed by atoms with Gasteiger partial charge >= 0.3 is 6.03 Å². The number of benzene rings is 2. The van der Waals surface area contributed by atoms with Crippen LogP contribution in [0.3, 0.4) is 0 Å². The van der Waals surface area contributed by atoms with Gasteiger partial charge in [0.25, 0.3) is 5.56 Å². The van der Waals surface area contributed by atoms with Gasteiger partial charge in [-0.1, -0.05) is 36.7 Å². The maximum Gasteiger partial charge on any atom is 0.322 e. The van der Waals surface area contributed by atoms with Crippen LogP contribution in [0, 0.1) is 0 Å². The summed E-state index contributed by atoms with van der Waals surface area (Å²) >= 11 is 6.18. The van der Waals surface area contributed by atoms with E-state index in [1.807, 2.05) is 43.3 Å². The number of urea groups is 1. The lowest BCUT2D eigenvalue weighted by atomic mass is 10.1. The van der Waals surface area contributed by atoms with Crippen LogP contribution in [0.25, 0.3) is 10.9 Å². The number of halogens is 1. The molecule has 0 saturated heterocycles. The van der Waals surface area contributed by atoms with E-state index in [9.17, 15) is 9.59 Å². The number of carbonyl (C=O) groups is 1. The summed E-state index contributed by atoms with van der Waals surface area (Å²) in [5.41, 5.74) is 2.89. The molecule has 2 amide bonds. The number of nitrogens with zero attached hydrogens (tertiary/aromatic N) is 2. The number of aromatic nitrogens is 1. The van der Waals surface area contributed by atoms with Crippen LogP contribution in [-0.4, -0.2) is 48.0 Å². The predicted octanol–water partition coefficient (Wildman–Crippen LogP) is 4.34. The van der Waals surface area contributed by atoms with Crippen molar-refractivity contribution in [1.29, 1.82) is 0 Å². The molecule has 0 bridgehead atoms. The van der Waals surface area contributed by atoms with Crippen LogP contribution >= 0.6 is 11.6 Å². The third-order valence-corrected chi connectivity index (χ3v) is 5.30. The minimum Gasteiger partial charge on any atom is -0.322 e. The number of hydrogen-bond acceptors (Lipinski definition) is 3. The van der Waals surface area contributed by atoms with Crippen molar-refractivity contribution in [1.82, 2.24) is 14.8 Å². The Morgan fingerprint density at radius 1 is 1.10 bits per heavy atom. The smallest absolute Gasteiger partial charge is 0.322 e. The Labute approximate surface area is 181 Å². The lowest BCUT2D eigenvalue weighted by molar-refractivity contribution is 0.202. The molecular formula is C23H27ClN4O2. The van der Waals surface area contributed by atoms with Gasteiger partial charge < -0.3 is 20.1 Å². The molecule has 30 heavy (non-hydrogen) atoms. The Morgan fingerprint density at radius 2 is 1.87 bits per heavy atom. The summed E-state index contributed by atoms with van der Waals surface area (Å²) in [6.07, 6.45) is 0.916. The maximum absolute atomic E-state index is 13.0. The highest BCUT2D eigenvalue weighted by molar-refractivity contribution is 6.33. The van der Waals surface area contributed by atoms with Gasteiger partial charge in [0.2, 0.25) is 0 Å². The normalized spacial score (nSPS) is 11.1. The van der Waals surface area contributed by atoms with Gasteiger partial charge in [-0.25, -0.2) is 4.79 Å². The van der Waals surface area contributed by atoms with Crippen LogP contribution in [0.1, 0.15) is 18.1 Å². The molecule has 0 saturated carbocycles. The van der Waals surface area contributed by atoms with Crippen molar-refractivity contribution in [2.75, 3.05) is 32.5 Å². The van der Waals surface area contributed by atoms with E-state index >= 15 is 0 Å². The SMILES string of the molecule is CCc1ccc2[nH]c(=O)c(CN(CCN(C)C)C(=O)Nc3ccccc3Cl)cc2c1. The molecule has 0 fully saturated rings. The number of likely N-dealkylation sites (N-methyl/N-ethyl adjacent to an activating group) is 1. The lowest BCUT2D eigenvalue weighted by Gasteiger charge is -2.25. The first kappa shape index (κ1) is 21.9. The monoisotopic (exact) mass is 426 g/mol. The molecule has 0 aliphatic heterocycles. The summed E-state index contributed by atoms with van der Waals surface area (Å²) in [4.78, 5) is 32.2. The molecule has 3 rings (SSSR count). The largest absolute Gasteiger partial charge is 0.322 e. The van der Waals surface area contributed by atoms with E-state index in [1.54, 1.807) is 23.1 Å². The Hall–Kier alpha value is -2.83. The van der Waals surface area contributed by atoms with Crippen molar-refractivity contribution in [3.63, 3.8) is 0 Å². The fraction of sp³-hybridized carbons (Fsp3) is 0.304. The molecule has 1 heterocycles. The lowest BCUT2D eigenvalue weighted by Crippen LogP contribution is -2.40. The second-order valence-electron chi connectivity index (χ2n) is 7.53. The number of para-hydroxylation sites is 1. The number of H-pyrrole nitrogens is 1. The van der Waals surface area contributed by atoms with E-state index in [4.69, 9.17) is 11.6 Å². The number of aromatic amines is 1. The van der Waals surface area contributed by atoms with Crippen LogP contribution < -0.4 is 10.9 Å². The minimum absolute atomic E-state index is 0.188. The predicted molar refractivity (Wildman–Crippen MR) is 123 cm³/mol. The molecule has 0 radical (unpaired) electrons. The van der Waals surface area contributed by atoms with Gasteiger partial charge in [0.15, 0.2) is 0 Å². The zero-order valence-electron chi connectivity index (χ0n) is 17.5. The molecule has 2 N–H and O–H groups in total. The third-order valence-electron chi connectivity index (χ3n) is 4.97. The van der Waals surface area contributed by atoms with Gasteiger partial charge in [0.1, 0.15) is 0 Å². The van der Waals surface area contributed by atoms with Crippen molar-refractivity contribution in [2.45, 2.75) is 19.9 Å². The van der Waals surface area contributed by atoms with Gasteiger partial charge in [-0.3, -0.25) is 4.79 Å². The van der Waals surface area contributed by atoms with Crippen LogP contribution in [0.5, 0.6) is 0 Å². The summed E-state index contributed by atoms with van der Waals surface area (Å²) in [7, 11) is 3.89. The highest BCUT2D eigenvalue weighted by atomic mass is 35.5. The average Bonchev–Trinajstić information content (AvgIpc) is 2.72. The number of anilines is 1. The molecular weight excluding hydrogens is 400 g/mol. The van der Waals surface area contributed by atoms with Crippen molar-refractivity contribution >= 4 is 34.2 Å². The summed E-state index contributed by atoms with van der Waals surface area (Å²) in [6, 6.07) is 14.7. The molecule has 0 unspecified atom stereocenters. The summed E-state index contributed by atoms with van der Waals surface area (Å²) in [6.45, 7) is 3.43. The molecule has 7 heteroatoms. The number of carbonyl (C=O) groups excluding carboxylic acids is 1. The second kappa shape index (κ2) is 9.78. The van der Waals surface area contributed by atoms with Crippen LogP contribution in [0.4, 0.5) is 10.5 Å². The van der Waals surface area contributed by atoms with Crippen molar-refractivity contribution in [3.8, 4) is 0 Å². The van der Waals surface area contributed by atoms with Gasteiger partial charge in [-0.2, -0.15) is 0 Å². The highest BCUT2D eigenvalue weighted by Crippen LogP contribution is 2.21. The summed E-state index contributed by atoms with van der Waals surface area (Å²) < 4.78 is 0. The molecule has 0 spiro atoms. The second-order valence-corrected chi connectivity index (χ2v) is 7.94. The van der Waals surface area contributed by atoms with Gasteiger partial charge in [-0.15, -0.1) is 0 Å². The van der Waals surface area contributed by atoms with Gasteiger partial charge in [0, 0.05) is 24.2 Å². The van der Waals surface area contributed by atoms with Crippen molar-refractivity contribution in [3.05, 3.63) is 75.0 Å². The molecule has 0 aliphatic carbocycles. The van der Waals surface area contributed by atoms with Crippen LogP contribution in [-0.2, 0) is 13.0 Å². The number of amides is 2. The molecule has 1 aromatic heterocycles. The molecule has 0 atom stereocenters. The van der Waals surface area contributed by atoms with E-state index in [2.05, 4.69) is 23.3 Å². The molecule has 6 nitrogen and oxygen atoms in total. The number of hydrogen-bond donors (Lipinski definition) is 2. The maximum atomic E-state index is 13.0. The first-order valence-corrected chi connectivity index (χ1v) is 10.3. The topological polar surface area (TPSA) is 68.4 Å². The molecule has 2 aromatic carbocycles. The quantitative estimate of drug-likeness (QED) is 0.590. The molecule has 158 valence electrons. The first-order valence-electron chi connectivity index (χ1n) is 9.97. The van der Waals surface area contributed by atoms with Crippen LogP contribution in [0.2, 0.25) is 5.02 Å². The number of fused-ring (bicyclic) bond motifs is 1. The zero-order valence-corrected chi connectivity index (χ0v) is 18.3. The van der Waals surface area contributed by atoms with Crippen molar-refractivity contribution < 1.29 is 4.79 Å². The number of rotatable bonds is 7. The van der Waals surface area contributed by atoms with Crippen LogP contribution in [0.15, 0.2) is 53.3 Å². The third kappa shape index (κ3) is 5.40. The Morgan fingerprint density at radius 3 is 2.57 bits per heavy atom. The first-order chi connectivity index (χ1) is 14.4. The number of pyridine rings is 1. The fourth-order valence-electron chi connectivity index (χ4n) is 3.17. The Bertz CT molecular complexity index is 1090. The van der Waals surface area contributed by atoms with E-state index in [0.29, 0.717) is 29.4 Å². The van der Waals surface area contributed by atoms with E-state index in [1.165, 1.54) is 5.56 Å². The highest BCUT2D eigenvalue weighted by Gasteiger charge is 2.17. The molecule has 0 aliphatic rings. The molecule has 3 aromatic rings. The number of nitrogens with one attached hydrogen (secondary N) is 2. The Balaban J connectivity index is 1.88. The van der Waals surface area contributed by atoms with Gasteiger partial charge in [0.05, 0.1) is 17.3 Å². The van der Waals surface area contributed by atoms with E-state index < -0.39 is 0 Å². The van der Waals surface area contributed by atoms with E-state index in [-0.39, 0.29) is 18.1 Å². The average molecular weight is 427 g/mol. The minimum atomic E-state index is -0.299. The summed E-state index contributed by atoms with van der Waals surface area (Å²) in [5.74, 6) is 0. The summed E-state index contributed by atoms with van der Waals surface area (Å²) in [5, 5.41) is 4.28. The van der Waals surface area contributed by atoms with Crippen molar-refractivity contribution in [2.24, 2.45) is 0 Å². The standard InChI is InChI=1S/C23H27ClN4O2/c1-4-16-9-10-20-17(13-16)14-18(22(29)25-20)15-28(12-11-27(2)3)23(30)26-21-8-6-5-7-19(21)24/h5-10,13-14H,4,11-12,15H2,1-3H3,(H,25,29)(H,26,30). The van der Waals surface area contributed by atoms with Gasteiger partial charge in [-0.05, 0) is 61.8 Å². The Kier molecular flexibility index (Phi) is 7.13.